The van der Waals surface area contributed by atoms with E-state index in [0.717, 1.165) is 20.6 Å². The van der Waals surface area contributed by atoms with Crippen LogP contribution in [0.3, 0.4) is 0 Å². The highest BCUT2D eigenvalue weighted by Crippen LogP contribution is 2.28. The standard InChI is InChI=1S/C16H10BrN3O2S2/c17-11-5-3-10(4-6-11)14-19-20-16(22-14)24-9-12-8-21-15(18-12)13-2-1-7-23-13/h1-8H,9H2. The van der Waals surface area contributed by atoms with E-state index in [0.29, 0.717) is 22.8 Å². The lowest BCUT2D eigenvalue weighted by atomic mass is 10.2. The molecule has 0 bridgehead atoms. The van der Waals surface area contributed by atoms with Crippen molar-refractivity contribution in [1.82, 2.24) is 15.2 Å². The molecule has 0 fully saturated rings. The molecule has 0 aliphatic carbocycles. The fourth-order valence-electron chi connectivity index (χ4n) is 2.00. The zero-order chi connectivity index (χ0) is 16.4. The average molecular weight is 420 g/mol. The van der Waals surface area contributed by atoms with Gasteiger partial charge in [0.05, 0.1) is 10.6 Å². The lowest BCUT2D eigenvalue weighted by molar-refractivity contribution is 0.466. The molecular weight excluding hydrogens is 410 g/mol. The van der Waals surface area contributed by atoms with Crippen molar-refractivity contribution >= 4 is 39.0 Å². The Morgan fingerprint density at radius 1 is 1.08 bits per heavy atom. The minimum Gasteiger partial charge on any atom is -0.444 e. The number of halogens is 1. The third kappa shape index (κ3) is 3.45. The second kappa shape index (κ2) is 6.92. The topological polar surface area (TPSA) is 65.0 Å². The molecule has 0 atom stereocenters. The quantitative estimate of drug-likeness (QED) is 0.397. The average Bonchev–Trinajstić information content (AvgIpc) is 3.34. The number of benzene rings is 1. The number of rotatable bonds is 5. The molecule has 0 aliphatic rings. The Balaban J connectivity index is 1.42. The van der Waals surface area contributed by atoms with Crippen LogP contribution >= 0.6 is 39.0 Å². The molecular formula is C16H10BrN3O2S2. The molecule has 0 N–H and O–H groups in total. The van der Waals surface area contributed by atoms with Crippen LogP contribution < -0.4 is 0 Å². The van der Waals surface area contributed by atoms with E-state index in [4.69, 9.17) is 8.83 Å². The summed E-state index contributed by atoms with van der Waals surface area (Å²) in [5, 5.41) is 10.6. The Labute approximate surface area is 154 Å². The minimum atomic E-state index is 0.504. The first kappa shape index (κ1) is 15.6. The summed E-state index contributed by atoms with van der Waals surface area (Å²) in [5.41, 5.74) is 1.73. The van der Waals surface area contributed by atoms with Crippen LogP contribution in [0.2, 0.25) is 0 Å². The zero-order valence-corrected chi connectivity index (χ0v) is 15.4. The summed E-state index contributed by atoms with van der Waals surface area (Å²) in [6.07, 6.45) is 1.66. The molecule has 3 aromatic heterocycles. The van der Waals surface area contributed by atoms with Gasteiger partial charge in [-0.25, -0.2) is 4.98 Å². The second-order valence-electron chi connectivity index (χ2n) is 4.79. The maximum absolute atomic E-state index is 5.68. The van der Waals surface area contributed by atoms with Gasteiger partial charge in [-0.1, -0.05) is 33.8 Å². The highest BCUT2D eigenvalue weighted by molar-refractivity contribution is 9.10. The molecule has 0 radical (unpaired) electrons. The molecule has 0 spiro atoms. The highest BCUT2D eigenvalue weighted by Gasteiger charge is 2.12. The van der Waals surface area contributed by atoms with Crippen molar-refractivity contribution in [3.63, 3.8) is 0 Å². The van der Waals surface area contributed by atoms with Gasteiger partial charge < -0.3 is 8.83 Å². The Bertz CT molecular complexity index is 933. The third-order valence-corrected chi connectivity index (χ3v) is 5.36. The minimum absolute atomic E-state index is 0.504. The maximum Gasteiger partial charge on any atom is 0.277 e. The van der Waals surface area contributed by atoms with E-state index >= 15 is 0 Å². The smallest absolute Gasteiger partial charge is 0.277 e. The van der Waals surface area contributed by atoms with Gasteiger partial charge in [0.15, 0.2) is 0 Å². The van der Waals surface area contributed by atoms with Crippen LogP contribution in [0.4, 0.5) is 0 Å². The van der Waals surface area contributed by atoms with Gasteiger partial charge in [0.2, 0.25) is 11.8 Å². The van der Waals surface area contributed by atoms with Gasteiger partial charge in [-0.2, -0.15) is 0 Å². The van der Waals surface area contributed by atoms with Crippen LogP contribution in [0.25, 0.3) is 22.2 Å². The lowest BCUT2D eigenvalue weighted by Crippen LogP contribution is -1.81. The normalized spacial score (nSPS) is 11.0. The van der Waals surface area contributed by atoms with Crippen LogP contribution in [0, 0.1) is 0 Å². The van der Waals surface area contributed by atoms with Crippen LogP contribution in [-0.4, -0.2) is 15.2 Å². The van der Waals surface area contributed by atoms with Gasteiger partial charge in [0.1, 0.15) is 6.26 Å². The van der Waals surface area contributed by atoms with Gasteiger partial charge in [-0.15, -0.1) is 21.5 Å². The number of hydrogen-bond donors (Lipinski definition) is 0. The maximum atomic E-state index is 5.68. The summed E-state index contributed by atoms with van der Waals surface area (Å²) in [6.45, 7) is 0. The fraction of sp³-hybridized carbons (Fsp3) is 0.0625. The SMILES string of the molecule is Brc1ccc(-c2nnc(SCc3coc(-c4cccs4)n3)o2)cc1. The van der Waals surface area contributed by atoms with E-state index in [1.54, 1.807) is 17.6 Å². The summed E-state index contributed by atoms with van der Waals surface area (Å²) < 4.78 is 12.2. The molecule has 0 aliphatic heterocycles. The monoisotopic (exact) mass is 419 g/mol. The van der Waals surface area contributed by atoms with Gasteiger partial charge >= 0.3 is 0 Å². The summed E-state index contributed by atoms with van der Waals surface area (Å²) >= 11 is 6.44. The molecule has 0 saturated heterocycles. The molecule has 4 aromatic rings. The zero-order valence-electron chi connectivity index (χ0n) is 12.2. The van der Waals surface area contributed by atoms with E-state index in [1.165, 1.54) is 11.8 Å². The van der Waals surface area contributed by atoms with Crippen molar-refractivity contribution in [2.75, 3.05) is 0 Å². The van der Waals surface area contributed by atoms with Crippen LogP contribution in [0.5, 0.6) is 0 Å². The first-order chi connectivity index (χ1) is 11.8. The number of thiophene rings is 1. The summed E-state index contributed by atoms with van der Waals surface area (Å²) in [4.78, 5) is 5.49. The predicted molar refractivity (Wildman–Crippen MR) is 96.8 cm³/mol. The molecule has 5 nitrogen and oxygen atoms in total. The first-order valence-electron chi connectivity index (χ1n) is 6.98. The van der Waals surface area contributed by atoms with Crippen molar-refractivity contribution in [3.8, 4) is 22.2 Å². The Morgan fingerprint density at radius 3 is 2.75 bits per heavy atom. The fourth-order valence-corrected chi connectivity index (χ4v) is 3.56. The van der Waals surface area contributed by atoms with E-state index in [9.17, 15) is 0 Å². The van der Waals surface area contributed by atoms with Crippen molar-refractivity contribution < 1.29 is 8.83 Å². The van der Waals surface area contributed by atoms with Crippen LogP contribution in [0.1, 0.15) is 5.69 Å². The molecule has 4 rings (SSSR count). The molecule has 8 heteroatoms. The van der Waals surface area contributed by atoms with Crippen LogP contribution in [0.15, 0.2) is 66.6 Å². The van der Waals surface area contributed by atoms with Gasteiger partial charge in [0, 0.05) is 15.8 Å². The summed E-state index contributed by atoms with van der Waals surface area (Å²) in [6, 6.07) is 11.7. The Morgan fingerprint density at radius 2 is 1.96 bits per heavy atom. The van der Waals surface area contributed by atoms with Crippen LogP contribution in [-0.2, 0) is 5.75 Å². The number of nitrogens with zero attached hydrogens (tertiary/aromatic N) is 3. The van der Waals surface area contributed by atoms with Crippen molar-refractivity contribution in [1.29, 1.82) is 0 Å². The summed E-state index contributed by atoms with van der Waals surface area (Å²) in [5.74, 6) is 1.75. The number of thioether (sulfide) groups is 1. The molecule has 120 valence electrons. The second-order valence-corrected chi connectivity index (χ2v) is 7.58. The van der Waals surface area contributed by atoms with Crippen molar-refractivity contribution in [2.24, 2.45) is 0 Å². The molecule has 0 saturated carbocycles. The largest absolute Gasteiger partial charge is 0.444 e. The van der Waals surface area contributed by atoms with E-state index in [1.807, 2.05) is 41.8 Å². The molecule has 1 aromatic carbocycles. The third-order valence-electron chi connectivity index (χ3n) is 3.12. The van der Waals surface area contributed by atoms with Gasteiger partial charge in [-0.3, -0.25) is 0 Å². The number of oxazole rings is 1. The molecule has 24 heavy (non-hydrogen) atoms. The van der Waals surface area contributed by atoms with Crippen molar-refractivity contribution in [3.05, 3.63) is 58.2 Å². The predicted octanol–water partition coefficient (Wildman–Crippen LogP) is 5.51. The number of hydrogen-bond acceptors (Lipinski definition) is 7. The molecule has 0 unspecified atom stereocenters. The van der Waals surface area contributed by atoms with Crippen molar-refractivity contribution in [2.45, 2.75) is 11.0 Å². The number of aromatic nitrogens is 3. The van der Waals surface area contributed by atoms with E-state index < -0.39 is 0 Å². The van der Waals surface area contributed by atoms with Gasteiger partial charge in [-0.05, 0) is 35.7 Å². The lowest BCUT2D eigenvalue weighted by Gasteiger charge is -1.94. The van der Waals surface area contributed by atoms with E-state index in [-0.39, 0.29) is 0 Å². The Hall–Kier alpha value is -1.90. The molecule has 0 amide bonds. The summed E-state index contributed by atoms with van der Waals surface area (Å²) in [7, 11) is 0. The van der Waals surface area contributed by atoms with E-state index in [2.05, 4.69) is 31.1 Å². The molecule has 3 heterocycles. The Kier molecular flexibility index (Phi) is 4.50. The first-order valence-corrected chi connectivity index (χ1v) is 9.64. The highest BCUT2D eigenvalue weighted by atomic mass is 79.9. The van der Waals surface area contributed by atoms with Gasteiger partial charge in [0.25, 0.3) is 5.22 Å².